The number of carboxylic acid groups (broad SMARTS) is 1. The summed E-state index contributed by atoms with van der Waals surface area (Å²) in [4.78, 5) is 24.1. The molecule has 0 fully saturated rings. The second-order valence-corrected chi connectivity index (χ2v) is 12.3. The van der Waals surface area contributed by atoms with Crippen LogP contribution in [0.3, 0.4) is 0 Å². The molecular formula is C34H36ClNO8S3. The van der Waals surface area contributed by atoms with Gasteiger partial charge in [-0.25, -0.2) is 9.59 Å². The molecule has 0 spiro atoms. The Bertz CT molecular complexity index is 1800. The van der Waals surface area contributed by atoms with Crippen LogP contribution in [0.4, 0.5) is 0 Å². The molecule has 0 aliphatic heterocycles. The maximum atomic E-state index is 11.5. The molecule has 3 aromatic heterocycles. The van der Waals surface area contributed by atoms with Gasteiger partial charge in [0.25, 0.3) is 0 Å². The zero-order chi connectivity index (χ0) is 32.9. The minimum Gasteiger partial charge on any atom is -0.479 e. The summed E-state index contributed by atoms with van der Waals surface area (Å²) in [5.74, 6) is -1.58. The summed E-state index contributed by atoms with van der Waals surface area (Å²) in [5.41, 5.74) is 0. The second kappa shape index (κ2) is 20.4. The van der Waals surface area contributed by atoms with Crippen LogP contribution in [-0.4, -0.2) is 53.7 Å². The summed E-state index contributed by atoms with van der Waals surface area (Å²) in [6, 6.07) is 30.7. The van der Waals surface area contributed by atoms with E-state index in [0.717, 1.165) is 42.2 Å². The lowest BCUT2D eigenvalue weighted by Gasteiger charge is -2.09. The molecule has 47 heavy (non-hydrogen) atoms. The molecule has 3 atom stereocenters. The van der Waals surface area contributed by atoms with Gasteiger partial charge in [0.05, 0.1) is 13.2 Å². The molecule has 0 saturated heterocycles. The van der Waals surface area contributed by atoms with Gasteiger partial charge in [0, 0.05) is 43.0 Å². The van der Waals surface area contributed by atoms with Crippen molar-refractivity contribution in [3.05, 3.63) is 106 Å². The first kappa shape index (κ1) is 41.1. The van der Waals surface area contributed by atoms with Crippen molar-refractivity contribution in [2.75, 3.05) is 21.3 Å². The van der Waals surface area contributed by atoms with Gasteiger partial charge in [-0.3, -0.25) is 0 Å². The molecule has 0 aliphatic rings. The number of hydrogen-bond donors (Lipinski definition) is 4. The molecular weight excluding hydrogens is 682 g/mol. The molecule has 0 bridgehead atoms. The number of carbonyl (C=O) groups is 2. The number of rotatable bonds is 6. The van der Waals surface area contributed by atoms with Crippen LogP contribution in [0.25, 0.3) is 30.3 Å². The van der Waals surface area contributed by atoms with E-state index < -0.39 is 24.3 Å². The van der Waals surface area contributed by atoms with Crippen LogP contribution >= 0.6 is 46.4 Å². The van der Waals surface area contributed by atoms with Gasteiger partial charge in [-0.05, 0) is 52.6 Å². The molecule has 3 unspecified atom stereocenters. The highest BCUT2D eigenvalue weighted by Crippen LogP contribution is 2.32. The van der Waals surface area contributed by atoms with Crippen molar-refractivity contribution in [2.45, 2.75) is 25.7 Å². The number of esters is 1. The zero-order valence-corrected chi connectivity index (χ0v) is 28.2. The molecule has 0 radical (unpaired) electrons. The van der Waals surface area contributed by atoms with Gasteiger partial charge in [0.1, 0.15) is 0 Å². The summed E-state index contributed by atoms with van der Waals surface area (Å²) < 4.78 is 13.1. The lowest BCUT2D eigenvalue weighted by molar-refractivity contribution is -0.152. The van der Waals surface area contributed by atoms with Crippen molar-refractivity contribution in [3.8, 4) is 6.07 Å². The number of nitrogens with zero attached hydrogens (tertiary/aromatic N) is 1. The first-order valence-corrected chi connectivity index (χ1v) is 15.7. The molecule has 0 amide bonds. The summed E-state index contributed by atoms with van der Waals surface area (Å²) in [6.07, 6.45) is -3.02. The number of aliphatic hydroxyl groups excluding tert-OH is 3. The fourth-order valence-corrected chi connectivity index (χ4v) is 7.20. The number of nitriles is 1. The Morgan fingerprint density at radius 1 is 0.723 bits per heavy atom. The minimum absolute atomic E-state index is 0. The number of aliphatic hydroxyl groups is 3. The van der Waals surface area contributed by atoms with E-state index in [4.69, 9.17) is 24.9 Å². The SMILES string of the molecule is C.CO.COC(=O)C(OC)c1cc2ccccc2s1.Cl.N#CC(O)c1cc2ccccc2s1.O=C(O)C(O)c1cc2ccccc2s1. The van der Waals surface area contributed by atoms with Gasteiger partial charge < -0.3 is 29.9 Å². The highest BCUT2D eigenvalue weighted by molar-refractivity contribution is 7.19. The molecule has 9 nitrogen and oxygen atoms in total. The Morgan fingerprint density at radius 2 is 1.11 bits per heavy atom. The topological polar surface area (TPSA) is 157 Å². The number of fused-ring (bicyclic) bond motifs is 3. The van der Waals surface area contributed by atoms with Gasteiger partial charge >= 0.3 is 11.9 Å². The predicted octanol–water partition coefficient (Wildman–Crippen LogP) is 7.91. The standard InChI is InChI=1S/C12H12O3S.C10H7NOS.C10H8O3S.CH4O.CH4.ClH/c1-14-11(12(13)15-2)10-7-8-5-3-4-6-9(8)16-10;11-6-8(12)10-5-7-3-1-2-4-9(7)13-10;11-9(10(12)13)8-5-6-3-1-2-4-7(6)14-8;1-2;;/h3-7,11H,1-2H3;1-5,8,12H;1-5,9,11H,(H,12,13);2H,1H3;1H4;1H. The molecule has 250 valence electrons. The number of thiophene rings is 3. The largest absolute Gasteiger partial charge is 0.479 e. The maximum absolute atomic E-state index is 11.5. The average Bonchev–Trinajstić information content (AvgIpc) is 3.82. The van der Waals surface area contributed by atoms with Crippen molar-refractivity contribution < 1.29 is 39.5 Å². The lowest BCUT2D eigenvalue weighted by Crippen LogP contribution is -2.14. The molecule has 6 aromatic rings. The Morgan fingerprint density at radius 3 is 1.49 bits per heavy atom. The summed E-state index contributed by atoms with van der Waals surface area (Å²) >= 11 is 4.31. The molecule has 3 heterocycles. The van der Waals surface area contributed by atoms with E-state index in [1.807, 2.05) is 91.0 Å². The van der Waals surface area contributed by atoms with Gasteiger partial charge in [-0.15, -0.1) is 46.4 Å². The van der Waals surface area contributed by atoms with E-state index in [9.17, 15) is 19.8 Å². The third-order valence-electron chi connectivity index (χ3n) is 6.14. The van der Waals surface area contributed by atoms with Crippen LogP contribution < -0.4 is 0 Å². The second-order valence-electron chi connectivity index (χ2n) is 8.97. The Labute approximate surface area is 290 Å². The van der Waals surface area contributed by atoms with Crippen molar-refractivity contribution in [2.24, 2.45) is 0 Å². The van der Waals surface area contributed by atoms with E-state index in [0.29, 0.717) is 9.75 Å². The summed E-state index contributed by atoms with van der Waals surface area (Å²) in [5, 5.41) is 45.9. The van der Waals surface area contributed by atoms with Crippen LogP contribution in [-0.2, 0) is 19.1 Å². The molecule has 6 rings (SSSR count). The van der Waals surface area contributed by atoms with E-state index in [-0.39, 0.29) is 25.8 Å². The monoisotopic (exact) mass is 717 g/mol. The van der Waals surface area contributed by atoms with Gasteiger partial charge in [-0.2, -0.15) is 5.26 Å². The van der Waals surface area contributed by atoms with Crippen LogP contribution in [0, 0.1) is 11.3 Å². The normalized spacial score (nSPS) is 11.8. The molecule has 13 heteroatoms. The van der Waals surface area contributed by atoms with Gasteiger partial charge in [0.2, 0.25) is 0 Å². The van der Waals surface area contributed by atoms with Crippen molar-refractivity contribution in [1.82, 2.24) is 0 Å². The number of ether oxygens (including phenoxy) is 2. The molecule has 3 aromatic carbocycles. The Balaban J connectivity index is 0.000000338. The van der Waals surface area contributed by atoms with Gasteiger partial charge in [0.15, 0.2) is 18.3 Å². The van der Waals surface area contributed by atoms with Crippen molar-refractivity contribution in [1.29, 1.82) is 5.26 Å². The third-order valence-corrected chi connectivity index (χ3v) is 9.63. The van der Waals surface area contributed by atoms with Crippen LogP contribution in [0.15, 0.2) is 91.0 Å². The van der Waals surface area contributed by atoms with E-state index in [1.165, 1.54) is 36.9 Å². The number of carbonyl (C=O) groups excluding carboxylic acids is 1. The quantitative estimate of drug-likeness (QED) is 0.0993. The highest BCUT2D eigenvalue weighted by Gasteiger charge is 2.23. The van der Waals surface area contributed by atoms with E-state index in [1.54, 1.807) is 17.4 Å². The molecule has 0 saturated carbocycles. The van der Waals surface area contributed by atoms with E-state index in [2.05, 4.69) is 0 Å². The smallest absolute Gasteiger partial charge is 0.340 e. The Kier molecular flexibility index (Phi) is 17.8. The number of carboxylic acids is 1. The van der Waals surface area contributed by atoms with Gasteiger partial charge in [-0.1, -0.05) is 62.0 Å². The first-order valence-electron chi connectivity index (χ1n) is 13.2. The summed E-state index contributed by atoms with van der Waals surface area (Å²) in [7, 11) is 3.87. The number of halogens is 1. The maximum Gasteiger partial charge on any atom is 0.340 e. The minimum atomic E-state index is -1.41. The predicted molar refractivity (Wildman–Crippen MR) is 193 cm³/mol. The number of aliphatic carboxylic acids is 1. The Hall–Kier alpha value is -3.90. The highest BCUT2D eigenvalue weighted by atomic mass is 35.5. The number of methoxy groups -OCH3 is 2. The van der Waals surface area contributed by atoms with E-state index >= 15 is 0 Å². The zero-order valence-electron chi connectivity index (χ0n) is 24.9. The summed E-state index contributed by atoms with van der Waals surface area (Å²) in [6.45, 7) is 0. The fourth-order valence-electron chi connectivity index (χ4n) is 4.03. The third kappa shape index (κ3) is 10.8. The average molecular weight is 718 g/mol. The van der Waals surface area contributed by atoms with Crippen molar-refractivity contribution in [3.63, 3.8) is 0 Å². The molecule has 4 N–H and O–H groups in total. The number of benzene rings is 3. The lowest BCUT2D eigenvalue weighted by atomic mass is 10.2. The fraction of sp³-hybridized carbons (Fsp3) is 0.206. The van der Waals surface area contributed by atoms with Crippen LogP contribution in [0.5, 0.6) is 0 Å². The number of hydrogen-bond acceptors (Lipinski definition) is 11. The van der Waals surface area contributed by atoms with Crippen LogP contribution in [0.2, 0.25) is 0 Å². The van der Waals surface area contributed by atoms with Crippen molar-refractivity contribution >= 4 is 88.6 Å². The first-order chi connectivity index (χ1) is 21.7. The molecule has 0 aliphatic carbocycles. The van der Waals surface area contributed by atoms with Crippen LogP contribution in [0.1, 0.15) is 40.4 Å².